The van der Waals surface area contributed by atoms with Gasteiger partial charge < -0.3 is 0 Å². The van der Waals surface area contributed by atoms with E-state index in [1.54, 1.807) is 0 Å². The van der Waals surface area contributed by atoms with Crippen molar-refractivity contribution in [3.05, 3.63) is 48.5 Å². The predicted octanol–water partition coefficient (Wildman–Crippen LogP) is 6.98. The molecule has 0 heterocycles. The van der Waals surface area contributed by atoms with Crippen molar-refractivity contribution in [1.29, 1.82) is 5.26 Å². The summed E-state index contributed by atoms with van der Waals surface area (Å²) in [6.45, 7) is 8.00. The standard InChI is InChI=1S/C10H8.C7H11N.2C2H6/c1-2-6-10-8-4-3-7-9(10)5-1;8-6-7-4-2-1-3-5-7;2*1-2/h1-8H;7H,1-5H2;2*1-2H3. The third kappa shape index (κ3) is 7.84. The molecule has 1 saturated carbocycles. The van der Waals surface area contributed by atoms with Gasteiger partial charge in [0.05, 0.1) is 6.07 Å². The van der Waals surface area contributed by atoms with Crippen molar-refractivity contribution < 1.29 is 0 Å². The first-order valence-corrected chi connectivity index (χ1v) is 8.73. The number of benzene rings is 2. The Kier molecular flexibility index (Phi) is 13.0. The minimum atomic E-state index is 0.392. The van der Waals surface area contributed by atoms with Crippen LogP contribution in [0.25, 0.3) is 10.8 Å². The van der Waals surface area contributed by atoms with Gasteiger partial charge in [-0.1, -0.05) is 95.5 Å². The van der Waals surface area contributed by atoms with E-state index in [0.29, 0.717) is 5.92 Å². The van der Waals surface area contributed by atoms with Gasteiger partial charge in [0.1, 0.15) is 0 Å². The molecule has 1 fully saturated rings. The Morgan fingerprint density at radius 2 is 1.09 bits per heavy atom. The second-order valence-electron chi connectivity index (χ2n) is 4.81. The summed E-state index contributed by atoms with van der Waals surface area (Å²) in [6, 6.07) is 19.0. The van der Waals surface area contributed by atoms with Crippen molar-refractivity contribution in [2.75, 3.05) is 0 Å². The average Bonchev–Trinajstić information content (AvgIpc) is 2.66. The van der Waals surface area contributed by atoms with E-state index in [9.17, 15) is 0 Å². The summed E-state index contributed by atoms with van der Waals surface area (Å²) in [6.07, 6.45) is 6.20. The zero-order valence-corrected chi connectivity index (χ0v) is 14.7. The topological polar surface area (TPSA) is 23.8 Å². The quantitative estimate of drug-likeness (QED) is 0.514. The Morgan fingerprint density at radius 3 is 1.36 bits per heavy atom. The molecule has 0 amide bonds. The van der Waals surface area contributed by atoms with Crippen LogP contribution in [0.3, 0.4) is 0 Å². The third-order valence-corrected chi connectivity index (χ3v) is 3.45. The van der Waals surface area contributed by atoms with Gasteiger partial charge in [0, 0.05) is 5.92 Å². The number of rotatable bonds is 0. The van der Waals surface area contributed by atoms with Gasteiger partial charge in [-0.05, 0) is 23.6 Å². The highest BCUT2D eigenvalue weighted by Gasteiger charge is 2.10. The predicted molar refractivity (Wildman–Crippen MR) is 98.8 cm³/mol. The van der Waals surface area contributed by atoms with Crippen molar-refractivity contribution in [2.45, 2.75) is 59.8 Å². The normalized spacial score (nSPS) is 13.2. The SMILES string of the molecule is CC.CC.N#CC1CCCCC1.c1ccc2ccccc2c1. The Labute approximate surface area is 137 Å². The van der Waals surface area contributed by atoms with Gasteiger partial charge in [-0.25, -0.2) is 0 Å². The second kappa shape index (κ2) is 14.1. The monoisotopic (exact) mass is 297 g/mol. The largest absolute Gasteiger partial charge is 0.198 e. The second-order valence-corrected chi connectivity index (χ2v) is 4.81. The minimum Gasteiger partial charge on any atom is -0.198 e. The molecule has 2 aromatic rings. The van der Waals surface area contributed by atoms with Crippen LogP contribution < -0.4 is 0 Å². The lowest BCUT2D eigenvalue weighted by Crippen LogP contribution is -2.02. The molecule has 0 N–H and O–H groups in total. The van der Waals surface area contributed by atoms with E-state index in [1.165, 1.54) is 30.0 Å². The zero-order valence-electron chi connectivity index (χ0n) is 14.7. The molecule has 1 aliphatic carbocycles. The number of hydrogen-bond acceptors (Lipinski definition) is 1. The summed E-state index contributed by atoms with van der Waals surface area (Å²) in [7, 11) is 0. The van der Waals surface area contributed by atoms with Crippen LogP contribution in [0, 0.1) is 17.2 Å². The summed E-state index contributed by atoms with van der Waals surface area (Å²) < 4.78 is 0. The van der Waals surface area contributed by atoms with Gasteiger partial charge in [-0.15, -0.1) is 0 Å². The molecule has 0 aliphatic heterocycles. The van der Waals surface area contributed by atoms with Gasteiger partial charge in [0.2, 0.25) is 0 Å². The molecule has 0 unspecified atom stereocenters. The third-order valence-electron chi connectivity index (χ3n) is 3.45. The van der Waals surface area contributed by atoms with Gasteiger partial charge >= 0.3 is 0 Å². The molecule has 0 saturated heterocycles. The molecule has 0 bridgehead atoms. The highest BCUT2D eigenvalue weighted by molar-refractivity contribution is 5.81. The van der Waals surface area contributed by atoms with Gasteiger partial charge in [-0.3, -0.25) is 0 Å². The van der Waals surface area contributed by atoms with E-state index in [4.69, 9.17) is 5.26 Å². The molecular formula is C21H31N. The molecule has 22 heavy (non-hydrogen) atoms. The van der Waals surface area contributed by atoms with Crippen molar-refractivity contribution in [2.24, 2.45) is 5.92 Å². The molecule has 0 radical (unpaired) electrons. The van der Waals surface area contributed by atoms with E-state index < -0.39 is 0 Å². The zero-order chi connectivity index (χ0) is 16.6. The molecular weight excluding hydrogens is 266 g/mol. The fraction of sp³-hybridized carbons (Fsp3) is 0.476. The van der Waals surface area contributed by atoms with Crippen molar-refractivity contribution >= 4 is 10.8 Å². The molecule has 1 aliphatic rings. The average molecular weight is 297 g/mol. The van der Waals surface area contributed by atoms with E-state index in [1.807, 2.05) is 27.7 Å². The summed E-state index contributed by atoms with van der Waals surface area (Å²) in [4.78, 5) is 0. The molecule has 0 atom stereocenters. The van der Waals surface area contributed by atoms with Crippen molar-refractivity contribution in [3.8, 4) is 6.07 Å². The lowest BCUT2D eigenvalue weighted by molar-refractivity contribution is 0.427. The highest BCUT2D eigenvalue weighted by atomic mass is 14.3. The van der Waals surface area contributed by atoms with E-state index in [0.717, 1.165) is 12.8 Å². The van der Waals surface area contributed by atoms with Crippen LogP contribution >= 0.6 is 0 Å². The van der Waals surface area contributed by atoms with E-state index >= 15 is 0 Å². The van der Waals surface area contributed by atoms with Gasteiger partial charge in [0.25, 0.3) is 0 Å². The maximum atomic E-state index is 8.44. The first-order valence-electron chi connectivity index (χ1n) is 8.73. The number of nitriles is 1. The molecule has 0 aromatic heterocycles. The first-order chi connectivity index (χ1) is 10.9. The van der Waals surface area contributed by atoms with Gasteiger partial charge in [-0.2, -0.15) is 5.26 Å². The Hall–Kier alpha value is -1.81. The van der Waals surface area contributed by atoms with Gasteiger partial charge in [0.15, 0.2) is 0 Å². The summed E-state index contributed by atoms with van der Waals surface area (Å²) in [5.74, 6) is 0.392. The lowest BCUT2D eigenvalue weighted by atomic mass is 9.91. The molecule has 120 valence electrons. The van der Waals surface area contributed by atoms with E-state index in [-0.39, 0.29) is 0 Å². The fourth-order valence-corrected chi connectivity index (χ4v) is 2.36. The Morgan fingerprint density at radius 1 is 0.727 bits per heavy atom. The first kappa shape index (κ1) is 20.2. The molecule has 0 spiro atoms. The molecule has 1 nitrogen and oxygen atoms in total. The van der Waals surface area contributed by atoms with Crippen LogP contribution in [0.4, 0.5) is 0 Å². The summed E-state index contributed by atoms with van der Waals surface area (Å²) >= 11 is 0. The molecule has 1 heteroatoms. The van der Waals surface area contributed by atoms with Crippen LogP contribution in [0.15, 0.2) is 48.5 Å². The van der Waals surface area contributed by atoms with Crippen molar-refractivity contribution in [1.82, 2.24) is 0 Å². The summed E-state index contributed by atoms with van der Waals surface area (Å²) in [5, 5.41) is 11.1. The summed E-state index contributed by atoms with van der Waals surface area (Å²) in [5.41, 5.74) is 0. The van der Waals surface area contributed by atoms with Crippen LogP contribution in [-0.2, 0) is 0 Å². The van der Waals surface area contributed by atoms with Crippen LogP contribution in [-0.4, -0.2) is 0 Å². The van der Waals surface area contributed by atoms with Crippen molar-refractivity contribution in [3.63, 3.8) is 0 Å². The van der Waals surface area contributed by atoms with Crippen LogP contribution in [0.5, 0.6) is 0 Å². The number of hydrogen-bond donors (Lipinski definition) is 0. The molecule has 3 rings (SSSR count). The molecule has 2 aromatic carbocycles. The fourth-order valence-electron chi connectivity index (χ4n) is 2.36. The Bertz CT molecular complexity index is 453. The maximum Gasteiger partial charge on any atom is 0.0655 e. The van der Waals surface area contributed by atoms with Crippen LogP contribution in [0.2, 0.25) is 0 Å². The number of fused-ring (bicyclic) bond motifs is 1. The highest BCUT2D eigenvalue weighted by Crippen LogP contribution is 2.22. The maximum absolute atomic E-state index is 8.44. The Balaban J connectivity index is 0.000000333. The number of nitrogens with zero attached hydrogens (tertiary/aromatic N) is 1. The minimum absolute atomic E-state index is 0.392. The smallest absolute Gasteiger partial charge is 0.0655 e. The lowest BCUT2D eigenvalue weighted by Gasteiger charge is -2.13. The van der Waals surface area contributed by atoms with Crippen LogP contribution in [0.1, 0.15) is 59.8 Å². The van der Waals surface area contributed by atoms with E-state index in [2.05, 4.69) is 54.6 Å².